The quantitative estimate of drug-likeness (QED) is 0.337. The molecule has 0 spiro atoms. The minimum atomic E-state index is -0.0647. The number of rotatable bonds is 2. The van der Waals surface area contributed by atoms with Crippen molar-refractivity contribution in [2.45, 2.75) is 70.9 Å². The zero-order chi connectivity index (χ0) is 23.4. The maximum absolute atomic E-state index is 5.97. The van der Waals surface area contributed by atoms with Gasteiger partial charge in [0.05, 0.1) is 35.5 Å². The average Bonchev–Trinajstić information content (AvgIpc) is 2.73. The summed E-state index contributed by atoms with van der Waals surface area (Å²) in [5.41, 5.74) is 6.26. The Hall–Kier alpha value is -1.16. The molecule has 3 aliphatic rings. The van der Waals surface area contributed by atoms with E-state index in [4.69, 9.17) is 14.5 Å². The van der Waals surface area contributed by atoms with E-state index in [1.807, 2.05) is 0 Å². The fraction of sp³-hybridized carbons (Fsp3) is 0.538. The topological polar surface area (TPSA) is 37.3 Å². The lowest BCUT2D eigenvalue weighted by molar-refractivity contribution is -0.00549. The lowest BCUT2D eigenvalue weighted by Gasteiger charge is -2.37. The normalized spacial score (nSPS) is 29.4. The third-order valence-electron chi connectivity index (χ3n) is 6.68. The Balaban J connectivity index is 1.60. The van der Waals surface area contributed by atoms with E-state index in [9.17, 15) is 0 Å². The molecule has 33 heavy (non-hydrogen) atoms. The highest BCUT2D eigenvalue weighted by molar-refractivity contribution is 14.2. The Morgan fingerprint density at radius 1 is 0.788 bits per heavy atom. The van der Waals surface area contributed by atoms with Gasteiger partial charge in [0.15, 0.2) is 0 Å². The van der Waals surface area contributed by atoms with Crippen molar-refractivity contribution in [2.75, 3.05) is 36.0 Å². The van der Waals surface area contributed by atoms with Gasteiger partial charge in [-0.05, 0) is 98.1 Å². The minimum Gasteiger partial charge on any atom is -0.372 e. The van der Waals surface area contributed by atoms with Gasteiger partial charge < -0.3 is 19.3 Å². The molecule has 0 saturated carbocycles. The molecule has 5 nitrogen and oxygen atoms in total. The molecule has 7 heteroatoms. The van der Waals surface area contributed by atoms with Gasteiger partial charge in [-0.2, -0.15) is 0 Å². The van der Waals surface area contributed by atoms with Gasteiger partial charge in [-0.25, -0.2) is 4.99 Å². The highest BCUT2D eigenvalue weighted by Gasteiger charge is 2.26. The molecule has 0 aromatic heterocycles. The van der Waals surface area contributed by atoms with Crippen LogP contribution < -0.4 is 15.2 Å². The molecule has 0 N–H and O–H groups in total. The summed E-state index contributed by atoms with van der Waals surface area (Å²) in [7, 11) is -0.0647. The van der Waals surface area contributed by atoms with Crippen LogP contribution in [-0.2, 0) is 9.47 Å². The Kier molecular flexibility index (Phi) is 6.52. The summed E-state index contributed by atoms with van der Waals surface area (Å²) in [6.07, 6.45) is 0.988. The minimum absolute atomic E-state index is 0.0647. The standard InChI is InChI=1S/C26H34IN3O2S/c1-15-7-21(29-11-17(3)31-18(4)12-29)9-23-25(15)28-26-16(2)8-22(10-24(26)33(23)27)30-13-19(5)32-20(6)14-30/h7-10,17-20H,11-14H2,1-6H3/t17-,18+,19-,20+. The van der Waals surface area contributed by atoms with Gasteiger partial charge in [-0.3, -0.25) is 0 Å². The first-order valence-electron chi connectivity index (χ1n) is 11.9. The molecule has 178 valence electrons. The highest BCUT2D eigenvalue weighted by atomic mass is 127. The van der Waals surface area contributed by atoms with Crippen LogP contribution in [0, 0.1) is 18.4 Å². The van der Waals surface area contributed by atoms with Crippen molar-refractivity contribution in [1.82, 2.24) is 0 Å². The summed E-state index contributed by atoms with van der Waals surface area (Å²) in [5.74, 6) is 0. The maximum Gasteiger partial charge on any atom is 0.0806 e. The van der Waals surface area contributed by atoms with Gasteiger partial charge in [0, 0.05) is 47.0 Å². The third kappa shape index (κ3) is 4.58. The molecule has 0 radical (unpaired) electrons. The lowest BCUT2D eigenvalue weighted by Crippen LogP contribution is -2.45. The molecular weight excluding hydrogens is 545 g/mol. The van der Waals surface area contributed by atoms with Crippen LogP contribution in [0.1, 0.15) is 38.8 Å². The second-order valence-electron chi connectivity index (χ2n) is 9.91. The van der Waals surface area contributed by atoms with Crippen LogP contribution >= 0.6 is 28.9 Å². The molecule has 0 aliphatic carbocycles. The second-order valence-corrected chi connectivity index (χ2v) is 13.9. The number of nitrogens with zero attached hydrogens (tertiary/aromatic N) is 3. The Bertz CT molecular complexity index is 1200. The summed E-state index contributed by atoms with van der Waals surface area (Å²) in [6.45, 7) is 16.8. The number of fused-ring (bicyclic) bond motifs is 2. The molecule has 0 amide bonds. The summed E-state index contributed by atoms with van der Waals surface area (Å²) in [5, 5.41) is 1.16. The van der Waals surface area contributed by atoms with Gasteiger partial charge >= 0.3 is 0 Å². The SMILES string of the molecule is Cc1cc(N2C[C@@H](C)O[C@@H](C)C2)cc2c1N=c1c(C)cc(N3C[C@@H](C)O[C@@H](C)C3)cc1=S2I. The Labute approximate surface area is 211 Å². The molecule has 3 heterocycles. The smallest absolute Gasteiger partial charge is 0.0806 e. The van der Waals surface area contributed by atoms with Gasteiger partial charge in [0.2, 0.25) is 0 Å². The third-order valence-corrected chi connectivity index (χ3v) is 10.9. The number of hydrogen-bond donors (Lipinski definition) is 0. The van der Waals surface area contributed by atoms with Crippen LogP contribution in [0.25, 0.3) is 0 Å². The van der Waals surface area contributed by atoms with Gasteiger partial charge in [0.1, 0.15) is 0 Å². The van der Waals surface area contributed by atoms with Crippen molar-refractivity contribution in [2.24, 2.45) is 4.99 Å². The van der Waals surface area contributed by atoms with E-state index in [1.54, 1.807) is 0 Å². The predicted octanol–water partition coefficient (Wildman–Crippen LogP) is 5.72. The van der Waals surface area contributed by atoms with E-state index >= 15 is 0 Å². The maximum atomic E-state index is 5.97. The van der Waals surface area contributed by atoms with Crippen molar-refractivity contribution in [1.29, 1.82) is 0 Å². The van der Waals surface area contributed by atoms with Crippen molar-refractivity contribution in [3.8, 4) is 0 Å². The molecule has 2 aromatic carbocycles. The van der Waals surface area contributed by atoms with E-state index in [0.717, 1.165) is 37.2 Å². The van der Waals surface area contributed by atoms with Crippen molar-refractivity contribution in [3.63, 3.8) is 0 Å². The van der Waals surface area contributed by atoms with Crippen LogP contribution in [0.3, 0.4) is 0 Å². The van der Waals surface area contributed by atoms with Crippen LogP contribution in [0.2, 0.25) is 0 Å². The van der Waals surface area contributed by atoms with E-state index in [0.29, 0.717) is 0 Å². The van der Waals surface area contributed by atoms with Crippen LogP contribution in [0.4, 0.5) is 17.1 Å². The number of benzene rings is 2. The molecule has 2 saturated heterocycles. The largest absolute Gasteiger partial charge is 0.372 e. The first kappa shape index (κ1) is 23.6. The van der Waals surface area contributed by atoms with Gasteiger partial charge in [-0.1, -0.05) is 7.66 Å². The first-order chi connectivity index (χ1) is 15.7. The zero-order valence-corrected chi connectivity index (χ0v) is 23.4. The number of aryl methyl sites for hydroxylation is 2. The van der Waals surface area contributed by atoms with Gasteiger partial charge in [-0.15, -0.1) is 0 Å². The fourth-order valence-corrected chi connectivity index (χ4v) is 8.84. The number of morpholine rings is 2. The monoisotopic (exact) mass is 579 g/mol. The summed E-state index contributed by atoms with van der Waals surface area (Å²) in [4.78, 5) is 11.5. The summed E-state index contributed by atoms with van der Waals surface area (Å²) < 4.78 is 13.3. The molecule has 0 bridgehead atoms. The van der Waals surface area contributed by atoms with Crippen molar-refractivity contribution < 1.29 is 9.47 Å². The number of hydrogen-bond acceptors (Lipinski definition) is 5. The molecule has 1 unspecified atom stereocenters. The van der Waals surface area contributed by atoms with Crippen molar-refractivity contribution >= 4 is 45.9 Å². The van der Waals surface area contributed by atoms with E-state index < -0.39 is 0 Å². The molecule has 5 rings (SSSR count). The number of halogens is 1. The lowest BCUT2D eigenvalue weighted by atomic mass is 10.1. The number of ether oxygens (including phenoxy) is 2. The van der Waals surface area contributed by atoms with Gasteiger partial charge in [0.25, 0.3) is 0 Å². The second kappa shape index (κ2) is 9.13. The number of anilines is 2. The summed E-state index contributed by atoms with van der Waals surface area (Å²) in [6, 6.07) is 9.39. The highest BCUT2D eigenvalue weighted by Crippen LogP contribution is 2.48. The molecule has 5 atom stereocenters. The van der Waals surface area contributed by atoms with Crippen LogP contribution in [0.5, 0.6) is 0 Å². The van der Waals surface area contributed by atoms with Crippen LogP contribution in [-0.4, -0.2) is 50.6 Å². The molecule has 2 fully saturated rings. The Morgan fingerprint density at radius 2 is 1.27 bits per heavy atom. The molecule has 3 aliphatic heterocycles. The van der Waals surface area contributed by atoms with E-state index in [-0.39, 0.29) is 32.1 Å². The fourth-order valence-electron chi connectivity index (χ4n) is 5.39. The van der Waals surface area contributed by atoms with E-state index in [2.05, 4.69) is 96.8 Å². The Morgan fingerprint density at radius 3 is 1.82 bits per heavy atom. The predicted molar refractivity (Wildman–Crippen MR) is 146 cm³/mol. The van der Waals surface area contributed by atoms with Crippen LogP contribution in [0.15, 0.2) is 34.2 Å². The van der Waals surface area contributed by atoms with E-state index in [1.165, 1.54) is 31.9 Å². The zero-order valence-electron chi connectivity index (χ0n) is 20.4. The average molecular weight is 580 g/mol. The summed E-state index contributed by atoms with van der Waals surface area (Å²) >= 11 is 2.65. The first-order valence-corrected chi connectivity index (χ1v) is 15.7. The molecular formula is C26H34IN3O2S. The molecule has 2 aromatic rings. The van der Waals surface area contributed by atoms with Crippen molar-refractivity contribution in [3.05, 3.63) is 45.3 Å².